The molecule has 0 radical (unpaired) electrons. The van der Waals surface area contributed by atoms with E-state index in [1.165, 1.54) is 13.1 Å². The van der Waals surface area contributed by atoms with Gasteiger partial charge in [0.05, 0.1) is 6.07 Å². The Balaban J connectivity index is 3.02. The average Bonchev–Trinajstić information content (AvgIpc) is 2.01. The lowest BCUT2D eigenvalue weighted by Crippen LogP contribution is -2.43. The van der Waals surface area contributed by atoms with Crippen LogP contribution in [-0.4, -0.2) is 29.2 Å². The zero-order chi connectivity index (χ0) is 9.30. The summed E-state index contributed by atoms with van der Waals surface area (Å²) in [5.41, 5.74) is 0.619. The Morgan fingerprint density at radius 2 is 2.33 bits per heavy atom. The van der Waals surface area contributed by atoms with Crippen molar-refractivity contribution in [2.45, 2.75) is 13.2 Å². The molecule has 4 nitrogen and oxygen atoms in total. The molecule has 12 heavy (non-hydrogen) atoms. The van der Waals surface area contributed by atoms with Gasteiger partial charge >= 0.3 is 0 Å². The van der Waals surface area contributed by atoms with Crippen molar-refractivity contribution in [2.75, 3.05) is 7.05 Å². The van der Waals surface area contributed by atoms with Gasteiger partial charge in [-0.2, -0.15) is 5.26 Å². The SMILES string of the molecule is CC1=CC(O)N(C)C(=O)C1C#N. The van der Waals surface area contributed by atoms with Gasteiger partial charge in [0.25, 0.3) is 0 Å². The predicted octanol–water partition coefficient (Wildman–Crippen LogP) is -0.137. The number of likely N-dealkylation sites (N-methyl/N-ethyl adjacent to an activating group) is 1. The lowest BCUT2D eigenvalue weighted by atomic mass is 9.96. The third-order valence-corrected chi connectivity index (χ3v) is 1.99. The maximum atomic E-state index is 11.3. The standard InChI is InChI=1S/C8H10N2O2/c1-5-3-7(11)10(2)8(12)6(5)4-9/h3,6-7,11H,1-2H3. The Morgan fingerprint density at radius 3 is 2.83 bits per heavy atom. The summed E-state index contributed by atoms with van der Waals surface area (Å²) in [6.45, 7) is 1.67. The summed E-state index contributed by atoms with van der Waals surface area (Å²) < 4.78 is 0. The molecule has 1 aliphatic heterocycles. The molecule has 1 heterocycles. The first-order valence-corrected chi connectivity index (χ1v) is 3.60. The van der Waals surface area contributed by atoms with Gasteiger partial charge < -0.3 is 10.0 Å². The minimum absolute atomic E-state index is 0.343. The van der Waals surface area contributed by atoms with E-state index < -0.39 is 12.1 Å². The summed E-state index contributed by atoms with van der Waals surface area (Å²) in [5.74, 6) is -1.07. The summed E-state index contributed by atoms with van der Waals surface area (Å²) in [7, 11) is 1.47. The molecule has 0 spiro atoms. The molecule has 1 N–H and O–H groups in total. The number of nitrogens with zero attached hydrogens (tertiary/aromatic N) is 2. The third kappa shape index (κ3) is 1.19. The molecule has 0 aromatic carbocycles. The van der Waals surface area contributed by atoms with E-state index in [9.17, 15) is 9.90 Å². The van der Waals surface area contributed by atoms with Crippen LogP contribution in [0, 0.1) is 17.2 Å². The normalized spacial score (nSPS) is 29.7. The molecule has 2 atom stereocenters. The molecule has 0 aliphatic carbocycles. The van der Waals surface area contributed by atoms with Crippen LogP contribution in [0.1, 0.15) is 6.92 Å². The van der Waals surface area contributed by atoms with Crippen molar-refractivity contribution in [3.8, 4) is 6.07 Å². The summed E-state index contributed by atoms with van der Waals surface area (Å²) in [5, 5.41) is 17.9. The van der Waals surface area contributed by atoms with Gasteiger partial charge in [-0.25, -0.2) is 0 Å². The van der Waals surface area contributed by atoms with Crippen LogP contribution in [0.15, 0.2) is 11.6 Å². The van der Waals surface area contributed by atoms with Gasteiger partial charge in [-0.05, 0) is 18.6 Å². The molecule has 1 aliphatic rings. The highest BCUT2D eigenvalue weighted by molar-refractivity contribution is 5.85. The second-order valence-electron chi connectivity index (χ2n) is 2.84. The molecule has 0 bridgehead atoms. The van der Waals surface area contributed by atoms with Crippen LogP contribution in [-0.2, 0) is 4.79 Å². The Kier molecular flexibility index (Phi) is 2.15. The number of amides is 1. The summed E-state index contributed by atoms with van der Waals surface area (Å²) in [6, 6.07) is 1.88. The molecule has 0 aromatic rings. The topological polar surface area (TPSA) is 64.3 Å². The molecule has 64 valence electrons. The zero-order valence-corrected chi connectivity index (χ0v) is 6.98. The summed E-state index contributed by atoms with van der Waals surface area (Å²) >= 11 is 0. The fraction of sp³-hybridized carbons (Fsp3) is 0.500. The highest BCUT2D eigenvalue weighted by atomic mass is 16.3. The lowest BCUT2D eigenvalue weighted by molar-refractivity contribution is -0.139. The van der Waals surface area contributed by atoms with Crippen molar-refractivity contribution >= 4 is 5.91 Å². The minimum atomic E-state index is -0.887. The van der Waals surface area contributed by atoms with Crippen LogP contribution < -0.4 is 0 Å². The van der Waals surface area contributed by atoms with Crippen LogP contribution in [0.25, 0.3) is 0 Å². The fourth-order valence-electron chi connectivity index (χ4n) is 1.13. The van der Waals surface area contributed by atoms with Gasteiger partial charge in [0.2, 0.25) is 5.91 Å². The largest absolute Gasteiger partial charge is 0.370 e. The van der Waals surface area contributed by atoms with Crippen LogP contribution in [0.5, 0.6) is 0 Å². The quantitative estimate of drug-likeness (QED) is 0.509. The highest BCUT2D eigenvalue weighted by Crippen LogP contribution is 2.19. The molecule has 1 amide bonds. The maximum Gasteiger partial charge on any atom is 0.246 e. The van der Waals surface area contributed by atoms with E-state index in [1.54, 1.807) is 6.92 Å². The van der Waals surface area contributed by atoms with Crippen molar-refractivity contribution in [1.29, 1.82) is 5.26 Å². The molecular weight excluding hydrogens is 156 g/mol. The second-order valence-corrected chi connectivity index (χ2v) is 2.84. The van der Waals surface area contributed by atoms with Crippen LogP contribution in [0.2, 0.25) is 0 Å². The first kappa shape index (κ1) is 8.75. The first-order chi connectivity index (χ1) is 5.57. The molecule has 0 saturated heterocycles. The van der Waals surface area contributed by atoms with Gasteiger partial charge in [0.15, 0.2) is 0 Å². The number of carbonyl (C=O) groups excluding carboxylic acids is 1. The summed E-state index contributed by atoms with van der Waals surface area (Å²) in [6.07, 6.45) is 0.622. The Bertz CT molecular complexity index is 277. The number of rotatable bonds is 0. The van der Waals surface area contributed by atoms with Crippen molar-refractivity contribution < 1.29 is 9.90 Å². The monoisotopic (exact) mass is 166 g/mol. The highest BCUT2D eigenvalue weighted by Gasteiger charge is 2.31. The first-order valence-electron chi connectivity index (χ1n) is 3.60. The van der Waals surface area contributed by atoms with Crippen LogP contribution in [0.4, 0.5) is 0 Å². The lowest BCUT2D eigenvalue weighted by Gasteiger charge is -2.28. The van der Waals surface area contributed by atoms with Crippen molar-refractivity contribution in [3.63, 3.8) is 0 Å². The molecule has 2 unspecified atom stereocenters. The van der Waals surface area contributed by atoms with Gasteiger partial charge in [-0.3, -0.25) is 4.79 Å². The molecule has 0 fully saturated rings. The van der Waals surface area contributed by atoms with Crippen LogP contribution >= 0.6 is 0 Å². The smallest absolute Gasteiger partial charge is 0.246 e. The van der Waals surface area contributed by atoms with E-state index in [-0.39, 0.29) is 5.91 Å². The van der Waals surface area contributed by atoms with E-state index >= 15 is 0 Å². The number of hydrogen-bond donors (Lipinski definition) is 1. The van der Waals surface area contributed by atoms with E-state index in [2.05, 4.69) is 0 Å². The van der Waals surface area contributed by atoms with Gasteiger partial charge in [0, 0.05) is 7.05 Å². The Hall–Kier alpha value is -1.34. The number of aliphatic hydroxyl groups is 1. The molecule has 0 aromatic heterocycles. The number of carbonyl (C=O) groups is 1. The summed E-state index contributed by atoms with van der Waals surface area (Å²) in [4.78, 5) is 12.4. The fourth-order valence-corrected chi connectivity index (χ4v) is 1.13. The van der Waals surface area contributed by atoms with Gasteiger partial charge in [0.1, 0.15) is 12.1 Å². The van der Waals surface area contributed by atoms with Crippen molar-refractivity contribution in [1.82, 2.24) is 4.90 Å². The molecule has 1 rings (SSSR count). The average molecular weight is 166 g/mol. The minimum Gasteiger partial charge on any atom is -0.370 e. The molecule has 0 saturated carbocycles. The van der Waals surface area contributed by atoms with E-state index in [1.807, 2.05) is 6.07 Å². The second kappa shape index (κ2) is 2.95. The predicted molar refractivity (Wildman–Crippen MR) is 41.6 cm³/mol. The molecule has 4 heteroatoms. The molecular formula is C8H10N2O2. The third-order valence-electron chi connectivity index (χ3n) is 1.99. The van der Waals surface area contributed by atoms with Gasteiger partial charge in [-0.1, -0.05) is 0 Å². The van der Waals surface area contributed by atoms with Crippen LogP contribution in [0.3, 0.4) is 0 Å². The number of hydrogen-bond acceptors (Lipinski definition) is 3. The van der Waals surface area contributed by atoms with E-state index in [0.29, 0.717) is 5.57 Å². The Morgan fingerprint density at radius 1 is 1.75 bits per heavy atom. The number of aliphatic hydroxyl groups excluding tert-OH is 1. The zero-order valence-electron chi connectivity index (χ0n) is 6.98. The van der Waals surface area contributed by atoms with Gasteiger partial charge in [-0.15, -0.1) is 0 Å². The Labute approximate surface area is 70.7 Å². The number of nitriles is 1. The maximum absolute atomic E-state index is 11.3. The van der Waals surface area contributed by atoms with Crippen molar-refractivity contribution in [2.24, 2.45) is 5.92 Å². The van der Waals surface area contributed by atoms with E-state index in [0.717, 1.165) is 4.90 Å². The van der Waals surface area contributed by atoms with E-state index in [4.69, 9.17) is 5.26 Å². The van der Waals surface area contributed by atoms with Crippen molar-refractivity contribution in [3.05, 3.63) is 11.6 Å².